The molecule has 3 heteroatoms. The van der Waals surface area contributed by atoms with E-state index < -0.39 is 5.41 Å². The maximum atomic E-state index is 14.5. The first-order valence-corrected chi connectivity index (χ1v) is 16.0. The number of para-hydroxylation sites is 3. The van der Waals surface area contributed by atoms with Gasteiger partial charge in [-0.05, 0) is 74.5 Å². The van der Waals surface area contributed by atoms with E-state index in [1.807, 2.05) is 11.8 Å². The van der Waals surface area contributed by atoms with Gasteiger partial charge in [0.05, 0.1) is 22.5 Å². The van der Waals surface area contributed by atoms with Crippen molar-refractivity contribution in [3.05, 3.63) is 148 Å². The average Bonchev–Trinajstić information content (AvgIpc) is 2.99. The number of hydrogen-bond donors (Lipinski definition) is 0. The minimum atomic E-state index is -0.651. The fourth-order valence-corrected chi connectivity index (χ4v) is 8.49. The number of ketones is 1. The molecule has 0 saturated carbocycles. The van der Waals surface area contributed by atoms with Crippen molar-refractivity contribution in [1.29, 1.82) is 0 Å². The van der Waals surface area contributed by atoms with E-state index in [1.54, 1.807) is 0 Å². The highest BCUT2D eigenvalue weighted by molar-refractivity contribution is 7.99. The zero-order chi connectivity index (χ0) is 29.9. The fraction of sp³-hybridized carbons (Fsp3) is 0.225. The van der Waals surface area contributed by atoms with Gasteiger partial charge in [-0.25, -0.2) is 0 Å². The van der Waals surface area contributed by atoms with Gasteiger partial charge in [0.2, 0.25) is 0 Å². The lowest BCUT2D eigenvalue weighted by Gasteiger charge is -2.50. The van der Waals surface area contributed by atoms with Crippen LogP contribution in [0.15, 0.2) is 113 Å². The Bertz CT molecular complexity index is 2010. The zero-order valence-electron chi connectivity index (χ0n) is 25.6. The molecule has 2 nitrogen and oxygen atoms in total. The van der Waals surface area contributed by atoms with Crippen LogP contribution in [0.5, 0.6) is 0 Å². The molecule has 1 aliphatic carbocycles. The molecule has 5 aromatic rings. The quantitative estimate of drug-likeness (QED) is 0.179. The molecule has 5 aromatic carbocycles. The van der Waals surface area contributed by atoms with Crippen LogP contribution in [-0.2, 0) is 16.2 Å². The number of fused-ring (bicyclic) bond motifs is 10. The van der Waals surface area contributed by atoms with Crippen molar-refractivity contribution in [2.24, 2.45) is 0 Å². The van der Waals surface area contributed by atoms with Gasteiger partial charge in [-0.2, -0.15) is 0 Å². The molecule has 0 N–H and O–H groups in total. The number of rotatable bonds is 0. The lowest BCUT2D eigenvalue weighted by atomic mass is 9.56. The summed E-state index contributed by atoms with van der Waals surface area (Å²) >= 11 is 1.84. The summed E-state index contributed by atoms with van der Waals surface area (Å²) in [6.45, 7) is 13.4. The predicted molar refractivity (Wildman–Crippen MR) is 178 cm³/mol. The van der Waals surface area contributed by atoms with E-state index >= 15 is 0 Å². The summed E-state index contributed by atoms with van der Waals surface area (Å²) in [6.07, 6.45) is 0. The number of benzene rings is 5. The highest BCUT2D eigenvalue weighted by Gasteiger charge is 2.53. The van der Waals surface area contributed by atoms with Crippen molar-refractivity contribution in [1.82, 2.24) is 0 Å². The first-order chi connectivity index (χ1) is 20.5. The predicted octanol–water partition coefficient (Wildman–Crippen LogP) is 10.5. The Morgan fingerprint density at radius 2 is 1.19 bits per heavy atom. The SMILES string of the molecule is CC(C)(C)c1ccc2c(c1)C(=O)c1ccc(C(C)(C)C)cc1C21c2ccccc2N2c3ccccc3Sc3cccc1c32. The second-order valence-electron chi connectivity index (χ2n) is 14.2. The van der Waals surface area contributed by atoms with E-state index in [9.17, 15) is 4.79 Å². The van der Waals surface area contributed by atoms with Crippen molar-refractivity contribution < 1.29 is 4.79 Å². The summed E-state index contributed by atoms with van der Waals surface area (Å²) in [5.74, 6) is 0.117. The Morgan fingerprint density at radius 3 is 1.95 bits per heavy atom. The minimum Gasteiger partial charge on any atom is -0.308 e. The second-order valence-corrected chi connectivity index (χ2v) is 15.3. The molecular weight excluding hydrogens is 543 g/mol. The maximum Gasteiger partial charge on any atom is 0.193 e. The van der Waals surface area contributed by atoms with E-state index in [1.165, 1.54) is 49.1 Å². The monoisotopic (exact) mass is 577 g/mol. The van der Waals surface area contributed by atoms with Gasteiger partial charge in [0.1, 0.15) is 0 Å². The van der Waals surface area contributed by atoms with E-state index in [2.05, 4.69) is 150 Å². The largest absolute Gasteiger partial charge is 0.308 e. The van der Waals surface area contributed by atoms with Crippen LogP contribution in [0, 0.1) is 0 Å². The molecule has 0 radical (unpaired) electrons. The Morgan fingerprint density at radius 1 is 0.558 bits per heavy atom. The van der Waals surface area contributed by atoms with Crippen molar-refractivity contribution in [2.75, 3.05) is 4.90 Å². The van der Waals surface area contributed by atoms with Gasteiger partial charge >= 0.3 is 0 Å². The van der Waals surface area contributed by atoms with Crippen molar-refractivity contribution in [3.8, 4) is 0 Å². The number of anilines is 3. The molecule has 1 atom stereocenters. The molecule has 2 heterocycles. The topological polar surface area (TPSA) is 20.3 Å². The third kappa shape index (κ3) is 3.52. The maximum absolute atomic E-state index is 14.5. The van der Waals surface area contributed by atoms with Crippen LogP contribution in [0.2, 0.25) is 0 Å². The molecule has 212 valence electrons. The molecule has 1 unspecified atom stereocenters. The molecule has 0 aromatic heterocycles. The molecule has 0 amide bonds. The first-order valence-electron chi connectivity index (χ1n) is 15.2. The number of nitrogens with zero attached hydrogens (tertiary/aromatic N) is 1. The summed E-state index contributed by atoms with van der Waals surface area (Å²) in [4.78, 5) is 19.5. The normalized spacial score (nSPS) is 18.0. The van der Waals surface area contributed by atoms with Crippen LogP contribution < -0.4 is 4.90 Å². The molecular formula is C40H35NOS. The van der Waals surface area contributed by atoms with Gasteiger partial charge in [0, 0.05) is 20.9 Å². The van der Waals surface area contributed by atoms with Crippen LogP contribution in [0.25, 0.3) is 0 Å². The second kappa shape index (κ2) is 8.74. The van der Waals surface area contributed by atoms with Gasteiger partial charge < -0.3 is 4.90 Å². The Kier molecular flexibility index (Phi) is 5.39. The molecule has 43 heavy (non-hydrogen) atoms. The summed E-state index contributed by atoms with van der Waals surface area (Å²) < 4.78 is 0. The van der Waals surface area contributed by atoms with Crippen LogP contribution in [0.4, 0.5) is 17.1 Å². The number of hydrogen-bond acceptors (Lipinski definition) is 3. The first kappa shape index (κ1) is 26.5. The minimum absolute atomic E-state index is 0.0687. The Labute approximate surface area is 258 Å². The zero-order valence-corrected chi connectivity index (χ0v) is 26.4. The van der Waals surface area contributed by atoms with E-state index in [0.717, 1.165) is 22.3 Å². The Balaban J connectivity index is 1.57. The third-order valence-electron chi connectivity index (χ3n) is 9.57. The fourth-order valence-electron chi connectivity index (χ4n) is 7.40. The highest BCUT2D eigenvalue weighted by atomic mass is 32.2. The molecule has 0 bridgehead atoms. The van der Waals surface area contributed by atoms with Gasteiger partial charge in [0.15, 0.2) is 5.78 Å². The van der Waals surface area contributed by atoms with Gasteiger partial charge in [-0.1, -0.05) is 126 Å². The van der Waals surface area contributed by atoms with Gasteiger partial charge in [-0.3, -0.25) is 4.79 Å². The van der Waals surface area contributed by atoms with Gasteiger partial charge in [-0.15, -0.1) is 0 Å². The molecule has 1 spiro atoms. The van der Waals surface area contributed by atoms with Crippen LogP contribution in [0.3, 0.4) is 0 Å². The summed E-state index contributed by atoms with van der Waals surface area (Å²) in [5, 5.41) is 0. The molecule has 3 aliphatic rings. The number of carbonyl (C=O) groups excluding carboxylic acids is 1. The highest BCUT2D eigenvalue weighted by Crippen LogP contribution is 2.64. The molecule has 0 fully saturated rings. The lowest BCUT2D eigenvalue weighted by molar-refractivity contribution is 0.103. The van der Waals surface area contributed by atoms with Crippen LogP contribution in [-0.4, -0.2) is 5.78 Å². The van der Waals surface area contributed by atoms with Gasteiger partial charge in [0.25, 0.3) is 0 Å². The molecule has 0 saturated heterocycles. The average molecular weight is 578 g/mol. The molecule has 8 rings (SSSR count). The standard InChI is InChI=1S/C40H35NOS/c1-38(2,3)24-19-21-28-27(22-24)37(42)26-20-18-25(39(4,5)6)23-31(26)40(28)29-12-7-8-14-32(29)41-33-15-9-10-16-34(33)43-35-17-11-13-30(40)36(35)41/h7-23H,1-6H3. The lowest BCUT2D eigenvalue weighted by Crippen LogP contribution is -2.43. The van der Waals surface area contributed by atoms with E-state index in [4.69, 9.17) is 0 Å². The van der Waals surface area contributed by atoms with Crippen molar-refractivity contribution >= 4 is 34.6 Å². The van der Waals surface area contributed by atoms with Crippen molar-refractivity contribution in [2.45, 2.75) is 67.6 Å². The molecule has 2 aliphatic heterocycles. The summed E-state index contributed by atoms with van der Waals surface area (Å²) in [7, 11) is 0. The van der Waals surface area contributed by atoms with E-state index in [-0.39, 0.29) is 16.6 Å². The third-order valence-corrected chi connectivity index (χ3v) is 10.7. The Hall–Kier alpha value is -4.08. The van der Waals surface area contributed by atoms with Crippen molar-refractivity contribution in [3.63, 3.8) is 0 Å². The summed E-state index contributed by atoms with van der Waals surface area (Å²) in [5.41, 5.74) is 11.4. The summed E-state index contributed by atoms with van der Waals surface area (Å²) in [6, 6.07) is 37.6. The smallest absolute Gasteiger partial charge is 0.193 e. The number of carbonyl (C=O) groups is 1. The van der Waals surface area contributed by atoms with E-state index in [0.29, 0.717) is 0 Å². The van der Waals surface area contributed by atoms with Crippen LogP contribution >= 0.6 is 11.8 Å². The van der Waals surface area contributed by atoms with Crippen LogP contribution in [0.1, 0.15) is 90.8 Å².